The predicted octanol–water partition coefficient (Wildman–Crippen LogP) is 4.95. The van der Waals surface area contributed by atoms with Crippen molar-refractivity contribution in [1.29, 1.82) is 0 Å². The van der Waals surface area contributed by atoms with Crippen molar-refractivity contribution in [3.8, 4) is 0 Å². The van der Waals surface area contributed by atoms with Gasteiger partial charge in [0, 0.05) is 41.2 Å². The van der Waals surface area contributed by atoms with Crippen LogP contribution in [0, 0.1) is 11.8 Å². The lowest BCUT2D eigenvalue weighted by atomic mass is 9.71. The Bertz CT molecular complexity index is 941. The van der Waals surface area contributed by atoms with Crippen LogP contribution in [0.1, 0.15) is 44.0 Å². The molecule has 3 aliphatic rings. The quantitative estimate of drug-likeness (QED) is 0.768. The summed E-state index contributed by atoms with van der Waals surface area (Å²) in [5.41, 5.74) is 5.48. The van der Waals surface area contributed by atoms with Crippen molar-refractivity contribution in [2.45, 2.75) is 45.3 Å². The number of hydrogen-bond acceptors (Lipinski definition) is 3. The molecule has 5 rings (SSSR count). The first-order valence-electron chi connectivity index (χ1n) is 10.6. The van der Waals surface area contributed by atoms with Crippen LogP contribution in [0.2, 0.25) is 0 Å². The molecular weight excluding hydrogens is 348 g/mol. The highest BCUT2D eigenvalue weighted by atomic mass is 16.5. The Morgan fingerprint density at radius 1 is 1.36 bits per heavy atom. The number of piperidine rings is 1. The number of allylic oxidation sites excluding steroid dienone is 2. The molecule has 4 nitrogen and oxygen atoms in total. The minimum absolute atomic E-state index is 0.249. The summed E-state index contributed by atoms with van der Waals surface area (Å²) in [7, 11) is 1.78. The molecule has 28 heavy (non-hydrogen) atoms. The van der Waals surface area contributed by atoms with Gasteiger partial charge in [0.1, 0.15) is 5.76 Å². The fourth-order valence-corrected chi connectivity index (χ4v) is 5.61. The van der Waals surface area contributed by atoms with Crippen LogP contribution < -0.4 is 0 Å². The van der Waals surface area contributed by atoms with Gasteiger partial charge in [-0.1, -0.05) is 25.1 Å². The number of benzene rings is 1. The van der Waals surface area contributed by atoms with Crippen molar-refractivity contribution in [2.75, 3.05) is 20.2 Å². The summed E-state index contributed by atoms with van der Waals surface area (Å²) in [4.78, 5) is 6.45. The molecule has 1 aromatic heterocycles. The van der Waals surface area contributed by atoms with Gasteiger partial charge in [-0.05, 0) is 49.8 Å². The van der Waals surface area contributed by atoms with Gasteiger partial charge in [-0.3, -0.25) is 4.90 Å². The van der Waals surface area contributed by atoms with Gasteiger partial charge in [0.2, 0.25) is 0 Å². The van der Waals surface area contributed by atoms with Gasteiger partial charge in [-0.25, -0.2) is 0 Å². The molecule has 4 heterocycles. The number of nitrogens with zero attached hydrogens (tertiary/aromatic N) is 1. The molecule has 1 saturated heterocycles. The average Bonchev–Trinajstić information content (AvgIpc) is 3.11. The Hall–Kier alpha value is -2.20. The normalized spacial score (nSPS) is 30.1. The molecule has 1 fully saturated rings. The van der Waals surface area contributed by atoms with E-state index in [0.29, 0.717) is 17.9 Å². The maximum atomic E-state index is 6.07. The van der Waals surface area contributed by atoms with Crippen LogP contribution in [-0.4, -0.2) is 36.2 Å². The second-order valence-electron chi connectivity index (χ2n) is 8.42. The van der Waals surface area contributed by atoms with E-state index in [9.17, 15) is 0 Å². The first-order chi connectivity index (χ1) is 13.7. The number of nitrogens with one attached hydrogen (secondary N) is 1. The standard InChI is InChI=1S/C24H30N2O2/c1-4-7-23(27-3)20-14-28-15(2)19-13-26-11-10-17-16-8-5-6-9-21(16)25-24(17)22(26)12-18(19)20/h5-9,14-15,18-19,22,25H,4,10-13H2,1-3H3/b23-7+/t15-,18?,19?,22?/m0/s1. The summed E-state index contributed by atoms with van der Waals surface area (Å²) in [5, 5.41) is 1.40. The third kappa shape index (κ3) is 2.69. The van der Waals surface area contributed by atoms with Crippen molar-refractivity contribution < 1.29 is 9.47 Å². The summed E-state index contributed by atoms with van der Waals surface area (Å²) >= 11 is 0. The molecule has 0 saturated carbocycles. The van der Waals surface area contributed by atoms with Crippen LogP contribution in [-0.2, 0) is 15.9 Å². The lowest BCUT2D eigenvalue weighted by molar-refractivity contribution is -0.0244. The lowest BCUT2D eigenvalue weighted by Crippen LogP contribution is -2.50. The van der Waals surface area contributed by atoms with E-state index < -0.39 is 0 Å². The van der Waals surface area contributed by atoms with Crippen LogP contribution in [0.15, 0.2) is 47.9 Å². The van der Waals surface area contributed by atoms with Crippen molar-refractivity contribution in [1.82, 2.24) is 9.88 Å². The van der Waals surface area contributed by atoms with Crippen molar-refractivity contribution in [3.05, 3.63) is 59.2 Å². The highest BCUT2D eigenvalue weighted by molar-refractivity contribution is 5.85. The lowest BCUT2D eigenvalue weighted by Gasteiger charge is -2.49. The van der Waals surface area contributed by atoms with Gasteiger partial charge in [0.25, 0.3) is 0 Å². The molecule has 4 atom stereocenters. The molecule has 0 aliphatic carbocycles. The Balaban J connectivity index is 1.54. The van der Waals surface area contributed by atoms with Crippen molar-refractivity contribution in [3.63, 3.8) is 0 Å². The number of hydrogen-bond donors (Lipinski definition) is 1. The van der Waals surface area contributed by atoms with E-state index in [0.717, 1.165) is 38.1 Å². The largest absolute Gasteiger partial charge is 0.498 e. The van der Waals surface area contributed by atoms with E-state index in [4.69, 9.17) is 9.47 Å². The van der Waals surface area contributed by atoms with Crippen molar-refractivity contribution in [2.24, 2.45) is 11.8 Å². The summed E-state index contributed by atoms with van der Waals surface area (Å²) < 4.78 is 11.8. The molecule has 2 aromatic rings. The van der Waals surface area contributed by atoms with Crippen LogP contribution in [0.25, 0.3) is 10.9 Å². The van der Waals surface area contributed by atoms with E-state index in [-0.39, 0.29) is 6.10 Å². The molecule has 0 amide bonds. The van der Waals surface area contributed by atoms with Gasteiger partial charge in [0.15, 0.2) is 0 Å². The molecule has 148 valence electrons. The highest BCUT2D eigenvalue weighted by Gasteiger charge is 2.46. The summed E-state index contributed by atoms with van der Waals surface area (Å²) in [5.74, 6) is 1.98. The van der Waals surface area contributed by atoms with E-state index in [1.807, 2.05) is 6.26 Å². The number of methoxy groups -OCH3 is 1. The topological polar surface area (TPSA) is 37.5 Å². The van der Waals surface area contributed by atoms with Crippen LogP contribution >= 0.6 is 0 Å². The molecule has 1 N–H and O–H groups in total. The smallest absolute Gasteiger partial charge is 0.121 e. The maximum absolute atomic E-state index is 6.07. The molecular formula is C24H30N2O2. The van der Waals surface area contributed by atoms with Gasteiger partial charge in [-0.2, -0.15) is 0 Å². The number of aromatic nitrogens is 1. The second kappa shape index (κ2) is 7.00. The van der Waals surface area contributed by atoms with E-state index in [1.165, 1.54) is 27.7 Å². The molecule has 3 aliphatic heterocycles. The Labute approximate surface area is 167 Å². The third-order valence-corrected chi connectivity index (χ3v) is 7.02. The molecule has 4 heteroatoms. The first-order valence-corrected chi connectivity index (χ1v) is 10.6. The maximum Gasteiger partial charge on any atom is 0.121 e. The first kappa shape index (κ1) is 17.9. The van der Waals surface area contributed by atoms with Crippen molar-refractivity contribution >= 4 is 10.9 Å². The SMILES string of the molecule is CC/C=C(/OC)C1=CO[C@@H](C)C2CN3CCc4c([nH]c5ccccc45)C3CC12. The number of fused-ring (bicyclic) bond motifs is 6. The third-order valence-electron chi connectivity index (χ3n) is 7.02. The number of rotatable bonds is 3. The number of ether oxygens (including phenoxy) is 2. The minimum atomic E-state index is 0.249. The van der Waals surface area contributed by atoms with Gasteiger partial charge in [-0.15, -0.1) is 0 Å². The Morgan fingerprint density at radius 3 is 3.04 bits per heavy atom. The molecule has 1 aromatic carbocycles. The number of H-pyrrole nitrogens is 1. The molecule has 0 radical (unpaired) electrons. The summed E-state index contributed by atoms with van der Waals surface area (Å²) in [6, 6.07) is 9.20. The fraction of sp³-hybridized carbons (Fsp3) is 0.500. The zero-order valence-electron chi connectivity index (χ0n) is 17.1. The Morgan fingerprint density at radius 2 is 2.21 bits per heavy atom. The molecule has 0 spiro atoms. The zero-order chi connectivity index (χ0) is 19.3. The van der Waals surface area contributed by atoms with Crippen LogP contribution in [0.3, 0.4) is 0 Å². The number of aromatic amines is 1. The number of para-hydroxylation sites is 1. The minimum Gasteiger partial charge on any atom is -0.498 e. The van der Waals surface area contributed by atoms with Gasteiger partial charge in [0.05, 0.1) is 25.5 Å². The monoisotopic (exact) mass is 378 g/mol. The van der Waals surface area contributed by atoms with Crippen LogP contribution in [0.4, 0.5) is 0 Å². The predicted molar refractivity (Wildman–Crippen MR) is 112 cm³/mol. The molecule has 0 bridgehead atoms. The fourth-order valence-electron chi connectivity index (χ4n) is 5.61. The summed E-state index contributed by atoms with van der Waals surface area (Å²) in [6.07, 6.45) is 7.62. The van der Waals surface area contributed by atoms with E-state index in [2.05, 4.69) is 54.1 Å². The Kier molecular flexibility index (Phi) is 4.47. The van der Waals surface area contributed by atoms with Gasteiger partial charge < -0.3 is 14.5 Å². The van der Waals surface area contributed by atoms with E-state index in [1.54, 1.807) is 7.11 Å². The van der Waals surface area contributed by atoms with Crippen LogP contribution in [0.5, 0.6) is 0 Å². The highest BCUT2D eigenvalue weighted by Crippen LogP contribution is 2.48. The molecule has 3 unspecified atom stereocenters. The summed E-state index contributed by atoms with van der Waals surface area (Å²) in [6.45, 7) is 6.60. The zero-order valence-corrected chi connectivity index (χ0v) is 17.1. The average molecular weight is 379 g/mol. The van der Waals surface area contributed by atoms with Gasteiger partial charge >= 0.3 is 0 Å². The van der Waals surface area contributed by atoms with E-state index >= 15 is 0 Å². The second-order valence-corrected chi connectivity index (χ2v) is 8.42.